The number of aromatic carboxylic acids is 1. The monoisotopic (exact) mass is 324 g/mol. The summed E-state index contributed by atoms with van der Waals surface area (Å²) in [6.45, 7) is 1.94. The number of halogens is 2. The van der Waals surface area contributed by atoms with Gasteiger partial charge in [0.25, 0.3) is 0 Å². The Bertz CT molecular complexity index is 647. The molecular formula is C13H10BrFN2O2. The first-order valence-electron chi connectivity index (χ1n) is 5.39. The highest BCUT2D eigenvalue weighted by Crippen LogP contribution is 2.27. The second-order valence-corrected chi connectivity index (χ2v) is 4.82. The van der Waals surface area contributed by atoms with Crippen LogP contribution in [0.4, 0.5) is 15.9 Å². The number of rotatable bonds is 3. The maximum Gasteiger partial charge on any atom is 0.339 e. The van der Waals surface area contributed by atoms with E-state index in [-0.39, 0.29) is 11.4 Å². The number of pyridine rings is 1. The van der Waals surface area contributed by atoms with Crippen LogP contribution in [0.25, 0.3) is 0 Å². The topological polar surface area (TPSA) is 62.2 Å². The minimum absolute atomic E-state index is 0.0958. The molecular weight excluding hydrogens is 315 g/mol. The molecule has 2 N–H and O–H groups in total. The number of carbonyl (C=O) groups is 1. The Morgan fingerprint density at radius 2 is 2.16 bits per heavy atom. The van der Waals surface area contributed by atoms with Gasteiger partial charge in [0.05, 0.1) is 11.9 Å². The Morgan fingerprint density at radius 3 is 2.79 bits per heavy atom. The summed E-state index contributed by atoms with van der Waals surface area (Å²) < 4.78 is 13.8. The number of carboxylic acid groups (broad SMARTS) is 1. The molecule has 1 aromatic carbocycles. The zero-order valence-electron chi connectivity index (χ0n) is 9.95. The van der Waals surface area contributed by atoms with Gasteiger partial charge >= 0.3 is 5.97 Å². The highest BCUT2D eigenvalue weighted by molar-refractivity contribution is 9.10. The molecule has 0 atom stereocenters. The molecule has 2 rings (SSSR count). The van der Waals surface area contributed by atoms with Gasteiger partial charge in [-0.3, -0.25) is 0 Å². The number of hydrogen-bond donors (Lipinski definition) is 2. The van der Waals surface area contributed by atoms with Gasteiger partial charge in [-0.05, 0) is 46.6 Å². The van der Waals surface area contributed by atoms with E-state index in [1.165, 1.54) is 0 Å². The third-order valence-corrected chi connectivity index (χ3v) is 3.12. The third kappa shape index (κ3) is 3.08. The van der Waals surface area contributed by atoms with Crippen LogP contribution in [0.15, 0.2) is 34.9 Å². The Labute approximate surface area is 117 Å². The van der Waals surface area contributed by atoms with Crippen LogP contribution in [-0.4, -0.2) is 16.1 Å². The van der Waals surface area contributed by atoms with Crippen LogP contribution < -0.4 is 5.32 Å². The van der Waals surface area contributed by atoms with E-state index in [2.05, 4.69) is 26.2 Å². The summed E-state index contributed by atoms with van der Waals surface area (Å²) in [4.78, 5) is 14.8. The number of anilines is 2. The molecule has 19 heavy (non-hydrogen) atoms. The standard InChI is InChI=1S/C13H10BrFN2O2/c1-7-2-3-11(10(14)4-7)17-12-9(13(18)19)5-8(15)6-16-12/h2-6H,1H3,(H,16,17)(H,18,19). The Kier molecular flexibility index (Phi) is 3.80. The molecule has 98 valence electrons. The highest BCUT2D eigenvalue weighted by atomic mass is 79.9. The Hall–Kier alpha value is -1.95. The maximum absolute atomic E-state index is 13.0. The normalized spacial score (nSPS) is 10.3. The van der Waals surface area contributed by atoms with Gasteiger partial charge in [-0.15, -0.1) is 0 Å². The molecule has 0 radical (unpaired) electrons. The minimum atomic E-state index is -1.24. The molecule has 0 aliphatic rings. The first-order chi connectivity index (χ1) is 8.97. The van der Waals surface area contributed by atoms with Crippen molar-refractivity contribution in [3.8, 4) is 0 Å². The summed E-state index contributed by atoms with van der Waals surface area (Å²) in [5.74, 6) is -1.83. The smallest absolute Gasteiger partial charge is 0.339 e. The van der Waals surface area contributed by atoms with Crippen LogP contribution in [0.5, 0.6) is 0 Å². The molecule has 0 bridgehead atoms. The van der Waals surface area contributed by atoms with Gasteiger partial charge in [0.1, 0.15) is 17.2 Å². The Balaban J connectivity index is 2.40. The van der Waals surface area contributed by atoms with Crippen LogP contribution in [0.2, 0.25) is 0 Å². The van der Waals surface area contributed by atoms with Crippen LogP contribution in [0.3, 0.4) is 0 Å². The van der Waals surface area contributed by atoms with Crippen molar-refractivity contribution in [1.29, 1.82) is 0 Å². The van der Waals surface area contributed by atoms with E-state index < -0.39 is 11.8 Å². The molecule has 0 aliphatic heterocycles. The molecule has 6 heteroatoms. The quantitative estimate of drug-likeness (QED) is 0.902. The number of aromatic nitrogens is 1. The van der Waals surface area contributed by atoms with Crippen molar-refractivity contribution in [3.05, 3.63) is 51.9 Å². The molecule has 1 heterocycles. The summed E-state index contributed by atoms with van der Waals surface area (Å²) in [5, 5.41) is 11.9. The number of aryl methyl sites for hydroxylation is 1. The molecule has 0 amide bonds. The largest absolute Gasteiger partial charge is 0.478 e. The second-order valence-electron chi connectivity index (χ2n) is 3.96. The van der Waals surface area contributed by atoms with Gasteiger partial charge < -0.3 is 10.4 Å². The number of nitrogens with one attached hydrogen (secondary N) is 1. The average molecular weight is 325 g/mol. The third-order valence-electron chi connectivity index (χ3n) is 2.46. The van der Waals surface area contributed by atoms with E-state index in [1.54, 1.807) is 6.07 Å². The van der Waals surface area contributed by atoms with E-state index >= 15 is 0 Å². The van der Waals surface area contributed by atoms with Crippen molar-refractivity contribution >= 4 is 33.4 Å². The molecule has 0 saturated heterocycles. The predicted octanol–water partition coefficient (Wildman–Crippen LogP) is 3.73. The molecule has 0 spiro atoms. The van der Waals surface area contributed by atoms with Crippen molar-refractivity contribution in [2.45, 2.75) is 6.92 Å². The van der Waals surface area contributed by atoms with Gasteiger partial charge in [-0.2, -0.15) is 0 Å². The van der Waals surface area contributed by atoms with Crippen molar-refractivity contribution in [1.82, 2.24) is 4.98 Å². The van der Waals surface area contributed by atoms with Gasteiger partial charge in [0.2, 0.25) is 0 Å². The molecule has 4 nitrogen and oxygen atoms in total. The lowest BCUT2D eigenvalue weighted by atomic mass is 10.2. The molecule has 0 saturated carbocycles. The number of benzene rings is 1. The van der Waals surface area contributed by atoms with Crippen molar-refractivity contribution in [2.24, 2.45) is 0 Å². The molecule has 2 aromatic rings. The van der Waals surface area contributed by atoms with Crippen LogP contribution in [0.1, 0.15) is 15.9 Å². The molecule has 0 aliphatic carbocycles. The summed E-state index contributed by atoms with van der Waals surface area (Å²) in [6.07, 6.45) is 0.969. The average Bonchev–Trinajstić information content (AvgIpc) is 2.34. The second kappa shape index (κ2) is 5.36. The van der Waals surface area contributed by atoms with Gasteiger partial charge in [0.15, 0.2) is 0 Å². The first-order valence-corrected chi connectivity index (χ1v) is 6.18. The summed E-state index contributed by atoms with van der Waals surface area (Å²) in [5.41, 5.74) is 1.50. The number of hydrogen-bond acceptors (Lipinski definition) is 3. The lowest BCUT2D eigenvalue weighted by Crippen LogP contribution is -2.06. The predicted molar refractivity (Wildman–Crippen MR) is 73.3 cm³/mol. The zero-order valence-corrected chi connectivity index (χ0v) is 11.5. The van der Waals surface area contributed by atoms with Crippen molar-refractivity contribution in [3.63, 3.8) is 0 Å². The number of nitrogens with zero attached hydrogens (tertiary/aromatic N) is 1. The maximum atomic E-state index is 13.0. The van der Waals surface area contributed by atoms with E-state index in [0.29, 0.717) is 5.69 Å². The first kappa shape index (κ1) is 13.5. The van der Waals surface area contributed by atoms with Crippen molar-refractivity contribution in [2.75, 3.05) is 5.32 Å². The molecule has 0 unspecified atom stereocenters. The fourth-order valence-corrected chi connectivity index (χ4v) is 2.14. The zero-order chi connectivity index (χ0) is 14.0. The Morgan fingerprint density at radius 1 is 1.42 bits per heavy atom. The van der Waals surface area contributed by atoms with E-state index in [9.17, 15) is 9.18 Å². The highest BCUT2D eigenvalue weighted by Gasteiger charge is 2.14. The SMILES string of the molecule is Cc1ccc(Nc2ncc(F)cc2C(=O)O)c(Br)c1. The summed E-state index contributed by atoms with van der Waals surface area (Å²) in [7, 11) is 0. The summed E-state index contributed by atoms with van der Waals surface area (Å²) >= 11 is 3.37. The molecule has 1 aromatic heterocycles. The number of carboxylic acids is 1. The van der Waals surface area contributed by atoms with Gasteiger partial charge in [-0.25, -0.2) is 14.2 Å². The van der Waals surface area contributed by atoms with Crippen LogP contribution in [-0.2, 0) is 0 Å². The fourth-order valence-electron chi connectivity index (χ4n) is 1.55. The fraction of sp³-hybridized carbons (Fsp3) is 0.0769. The lowest BCUT2D eigenvalue weighted by molar-refractivity contribution is 0.0697. The van der Waals surface area contributed by atoms with E-state index in [0.717, 1.165) is 22.3 Å². The molecule has 0 fully saturated rings. The minimum Gasteiger partial charge on any atom is -0.478 e. The van der Waals surface area contributed by atoms with Gasteiger partial charge in [-0.1, -0.05) is 6.07 Å². The van der Waals surface area contributed by atoms with E-state index in [1.807, 2.05) is 19.1 Å². The van der Waals surface area contributed by atoms with E-state index in [4.69, 9.17) is 5.11 Å². The van der Waals surface area contributed by atoms with Gasteiger partial charge in [0, 0.05) is 4.47 Å². The summed E-state index contributed by atoms with van der Waals surface area (Å²) in [6, 6.07) is 6.47. The lowest BCUT2D eigenvalue weighted by Gasteiger charge is -2.10. The van der Waals surface area contributed by atoms with Crippen molar-refractivity contribution < 1.29 is 14.3 Å². The van der Waals surface area contributed by atoms with Crippen LogP contribution >= 0.6 is 15.9 Å². The van der Waals surface area contributed by atoms with Crippen LogP contribution in [0, 0.1) is 12.7 Å².